The van der Waals surface area contributed by atoms with E-state index in [1.54, 1.807) is 46.4 Å². The second-order valence-electron chi connectivity index (χ2n) is 14.0. The summed E-state index contributed by atoms with van der Waals surface area (Å²) in [5, 5.41) is 5.61. The Morgan fingerprint density at radius 2 is 1.51 bits per heavy atom. The summed E-state index contributed by atoms with van der Waals surface area (Å²) in [6.45, 7) is 16.3. The number of ether oxygens (including phenoxy) is 2. The summed E-state index contributed by atoms with van der Waals surface area (Å²) in [5.41, 5.74) is 1.66. The third-order valence-electron chi connectivity index (χ3n) is 7.40. The Balaban J connectivity index is 2.07. The average Bonchev–Trinajstić information content (AvgIpc) is 3.65. The Morgan fingerprint density at radius 1 is 0.911 bits per heavy atom. The number of hydrogen-bond acceptors (Lipinski definition) is 7. The van der Waals surface area contributed by atoms with Crippen molar-refractivity contribution >= 4 is 36.5 Å². The van der Waals surface area contributed by atoms with Crippen molar-refractivity contribution in [3.05, 3.63) is 70.8 Å². The largest absolute Gasteiger partial charge is 0.458 e. The number of carbonyl (C=O) groups excluding carboxylic acids is 4. The van der Waals surface area contributed by atoms with E-state index in [1.165, 1.54) is 0 Å². The molecule has 0 radical (unpaired) electrons. The molecule has 3 amide bonds. The number of esters is 1. The van der Waals surface area contributed by atoms with Gasteiger partial charge < -0.3 is 25.0 Å². The number of amides is 3. The van der Waals surface area contributed by atoms with Crippen molar-refractivity contribution < 1.29 is 28.7 Å². The average molecular weight is 640 g/mol. The maximum Gasteiger partial charge on any atom is 0.408 e. The molecule has 3 rings (SSSR count). The first-order valence-corrected chi connectivity index (χ1v) is 16.1. The summed E-state index contributed by atoms with van der Waals surface area (Å²) in [6, 6.07) is 11.7. The monoisotopic (exact) mass is 639 g/mol. The van der Waals surface area contributed by atoms with Gasteiger partial charge >= 0.3 is 12.1 Å². The highest BCUT2D eigenvalue weighted by molar-refractivity contribution is 7.80. The van der Waals surface area contributed by atoms with Gasteiger partial charge in [0.05, 0.1) is 0 Å². The molecule has 10 heteroatoms. The number of hydrogen-bond donors (Lipinski definition) is 3. The van der Waals surface area contributed by atoms with E-state index >= 15 is 0 Å². The highest BCUT2D eigenvalue weighted by Crippen LogP contribution is 2.41. The van der Waals surface area contributed by atoms with Crippen LogP contribution in [-0.4, -0.2) is 63.9 Å². The zero-order valence-corrected chi connectivity index (χ0v) is 28.9. The van der Waals surface area contributed by atoms with Crippen LogP contribution >= 0.6 is 12.6 Å². The predicted molar refractivity (Wildman–Crippen MR) is 178 cm³/mol. The summed E-state index contributed by atoms with van der Waals surface area (Å²) >= 11 is 4.39. The summed E-state index contributed by atoms with van der Waals surface area (Å²) in [5.74, 6) is -1.42. The first-order valence-electron chi connectivity index (χ1n) is 15.5. The molecule has 0 spiro atoms. The molecule has 45 heavy (non-hydrogen) atoms. The zero-order chi connectivity index (χ0) is 33.7. The van der Waals surface area contributed by atoms with Crippen molar-refractivity contribution in [3.8, 4) is 0 Å². The molecule has 2 aromatic carbocycles. The fourth-order valence-corrected chi connectivity index (χ4v) is 5.37. The number of carbonyl (C=O) groups is 4. The van der Waals surface area contributed by atoms with Gasteiger partial charge in [0.25, 0.3) is 0 Å². The molecule has 1 saturated carbocycles. The molecule has 0 aliphatic heterocycles. The molecule has 1 aliphatic carbocycles. The lowest BCUT2D eigenvalue weighted by Crippen LogP contribution is -2.56. The lowest BCUT2D eigenvalue weighted by Gasteiger charge is -2.36. The molecule has 0 aromatic heterocycles. The zero-order valence-electron chi connectivity index (χ0n) is 28.0. The molecule has 5 atom stereocenters. The Bertz CT molecular complexity index is 1370. The van der Waals surface area contributed by atoms with Gasteiger partial charge in [-0.3, -0.25) is 9.59 Å². The summed E-state index contributed by atoms with van der Waals surface area (Å²) in [6.07, 6.45) is 0.138. The van der Waals surface area contributed by atoms with Crippen LogP contribution in [0.5, 0.6) is 0 Å². The smallest absolute Gasteiger partial charge is 0.408 e. The normalized spacial score (nSPS) is 18.2. The standard InChI is InChI=1S/C35H49N3O6S/c1-21-15-16-22(2)25(17-21)29(30(39)36-26(32(41)43-34(4,5)6)19-24-13-11-10-12-14-24)38(28-18-23(28)3)31(40)27(20-45)37-33(42)44-35(7,8)9/h10-17,23,26-29,45H,18-20H2,1-9H3,(H,36,39)(H,37,42). The molecule has 246 valence electrons. The Kier molecular flexibility index (Phi) is 11.7. The number of nitrogens with zero attached hydrogens (tertiary/aromatic N) is 1. The lowest BCUT2D eigenvalue weighted by atomic mass is 9.95. The van der Waals surface area contributed by atoms with Crippen LogP contribution in [0, 0.1) is 19.8 Å². The predicted octanol–water partition coefficient (Wildman–Crippen LogP) is 5.47. The fraction of sp³-hybridized carbons (Fsp3) is 0.543. The Labute approximate surface area is 273 Å². The Hall–Kier alpha value is -3.53. The van der Waals surface area contributed by atoms with E-state index < -0.39 is 53.2 Å². The molecule has 0 bridgehead atoms. The van der Waals surface area contributed by atoms with Gasteiger partial charge in [-0.1, -0.05) is 61.0 Å². The van der Waals surface area contributed by atoms with E-state index in [1.807, 2.05) is 69.3 Å². The molecular weight excluding hydrogens is 590 g/mol. The molecule has 2 aromatic rings. The second kappa shape index (κ2) is 14.7. The van der Waals surface area contributed by atoms with Crippen LogP contribution in [0.25, 0.3) is 0 Å². The minimum absolute atomic E-state index is 0.00857. The van der Waals surface area contributed by atoms with Gasteiger partial charge in [0.2, 0.25) is 11.8 Å². The number of aryl methyl sites for hydroxylation is 2. The van der Waals surface area contributed by atoms with Crippen LogP contribution in [0.3, 0.4) is 0 Å². The lowest BCUT2D eigenvalue weighted by molar-refractivity contribution is -0.159. The molecule has 9 nitrogen and oxygen atoms in total. The summed E-state index contributed by atoms with van der Waals surface area (Å²) < 4.78 is 11.1. The maximum atomic E-state index is 14.5. The number of alkyl carbamates (subject to hydrolysis) is 1. The van der Waals surface area contributed by atoms with Gasteiger partial charge in [-0.25, -0.2) is 9.59 Å². The van der Waals surface area contributed by atoms with Crippen LogP contribution in [0.15, 0.2) is 48.5 Å². The second-order valence-corrected chi connectivity index (χ2v) is 14.3. The quantitative estimate of drug-likeness (QED) is 0.222. The van der Waals surface area contributed by atoms with E-state index in [2.05, 4.69) is 23.3 Å². The van der Waals surface area contributed by atoms with Crippen LogP contribution in [0.4, 0.5) is 4.79 Å². The molecular formula is C35H49N3O6S. The van der Waals surface area contributed by atoms with E-state index in [4.69, 9.17) is 9.47 Å². The van der Waals surface area contributed by atoms with Crippen molar-refractivity contribution in [1.82, 2.24) is 15.5 Å². The van der Waals surface area contributed by atoms with Gasteiger partial charge in [-0.05, 0) is 84.4 Å². The first kappa shape index (κ1) is 35.9. The molecule has 1 fully saturated rings. The number of nitrogens with one attached hydrogen (secondary N) is 2. The van der Waals surface area contributed by atoms with Crippen LogP contribution < -0.4 is 10.6 Å². The van der Waals surface area contributed by atoms with E-state index in [-0.39, 0.29) is 24.1 Å². The number of rotatable bonds is 11. The van der Waals surface area contributed by atoms with Crippen molar-refractivity contribution in [3.63, 3.8) is 0 Å². The maximum absolute atomic E-state index is 14.5. The van der Waals surface area contributed by atoms with E-state index in [0.29, 0.717) is 12.0 Å². The minimum Gasteiger partial charge on any atom is -0.458 e. The fourth-order valence-electron chi connectivity index (χ4n) is 5.13. The van der Waals surface area contributed by atoms with Crippen molar-refractivity contribution in [2.45, 2.75) is 111 Å². The van der Waals surface area contributed by atoms with Gasteiger partial charge in [0.15, 0.2) is 0 Å². The van der Waals surface area contributed by atoms with E-state index in [0.717, 1.165) is 16.7 Å². The summed E-state index contributed by atoms with van der Waals surface area (Å²) in [4.78, 5) is 56.7. The topological polar surface area (TPSA) is 114 Å². The van der Waals surface area contributed by atoms with Crippen LogP contribution in [0.2, 0.25) is 0 Å². The highest BCUT2D eigenvalue weighted by atomic mass is 32.1. The van der Waals surface area contributed by atoms with E-state index in [9.17, 15) is 19.2 Å². The SMILES string of the molecule is Cc1ccc(C)c(C(C(=O)NC(Cc2ccccc2)C(=O)OC(C)(C)C)N(C(=O)C(CS)NC(=O)OC(C)(C)C)C2CC2C)c1. The highest BCUT2D eigenvalue weighted by Gasteiger charge is 2.49. The number of thiol groups is 1. The van der Waals surface area contributed by atoms with Gasteiger partial charge in [0, 0.05) is 18.2 Å². The third kappa shape index (κ3) is 10.5. The van der Waals surface area contributed by atoms with Crippen LogP contribution in [-0.2, 0) is 30.3 Å². The van der Waals surface area contributed by atoms with Crippen LogP contribution in [0.1, 0.15) is 83.2 Å². The molecule has 2 N–H and O–H groups in total. The van der Waals surface area contributed by atoms with Gasteiger partial charge in [0.1, 0.15) is 29.3 Å². The molecule has 1 aliphatic rings. The minimum atomic E-state index is -1.09. The van der Waals surface area contributed by atoms with Crippen molar-refractivity contribution in [2.75, 3.05) is 5.75 Å². The molecule has 0 heterocycles. The summed E-state index contributed by atoms with van der Waals surface area (Å²) in [7, 11) is 0. The molecule has 0 saturated heterocycles. The Morgan fingerprint density at radius 3 is 2.04 bits per heavy atom. The van der Waals surface area contributed by atoms with Crippen molar-refractivity contribution in [1.29, 1.82) is 0 Å². The molecule has 5 unspecified atom stereocenters. The first-order chi connectivity index (χ1) is 20.9. The van der Waals surface area contributed by atoms with Gasteiger partial charge in [-0.15, -0.1) is 0 Å². The number of benzene rings is 2. The third-order valence-corrected chi connectivity index (χ3v) is 7.76. The van der Waals surface area contributed by atoms with Gasteiger partial charge in [-0.2, -0.15) is 12.6 Å². The van der Waals surface area contributed by atoms with Crippen molar-refractivity contribution in [2.24, 2.45) is 5.92 Å².